The number of carbonyl (C=O) groups is 2. The Hall–Kier alpha value is -3.35. The molecule has 0 radical (unpaired) electrons. The fourth-order valence-electron chi connectivity index (χ4n) is 2.95. The molecular weight excluding hydrogens is 363 g/mol. The van der Waals surface area contributed by atoms with Crippen molar-refractivity contribution in [3.8, 4) is 5.75 Å². The van der Waals surface area contributed by atoms with Gasteiger partial charge in [0.05, 0.1) is 18.2 Å². The number of urea groups is 1. The molecule has 3 rings (SSSR count). The minimum atomic E-state index is -0.651. The molecule has 0 aliphatic carbocycles. The monoisotopic (exact) mass is 384 g/mol. The summed E-state index contributed by atoms with van der Waals surface area (Å²) in [7, 11) is 0. The normalized spacial score (nSPS) is 16.2. The van der Waals surface area contributed by atoms with E-state index >= 15 is 0 Å². The number of amides is 2. The van der Waals surface area contributed by atoms with Gasteiger partial charge in [0.1, 0.15) is 18.2 Å². The Morgan fingerprint density at radius 3 is 2.64 bits per heavy atom. The van der Waals surface area contributed by atoms with Crippen LogP contribution in [0.15, 0.2) is 59.8 Å². The zero-order valence-corrected chi connectivity index (χ0v) is 15.6. The van der Waals surface area contributed by atoms with Crippen LogP contribution in [-0.2, 0) is 16.1 Å². The third-order valence-electron chi connectivity index (χ3n) is 4.27. The van der Waals surface area contributed by atoms with Crippen LogP contribution in [0.4, 0.5) is 9.18 Å². The van der Waals surface area contributed by atoms with Gasteiger partial charge in [-0.05, 0) is 49.2 Å². The number of hydrogen-bond donors (Lipinski definition) is 2. The van der Waals surface area contributed by atoms with E-state index in [9.17, 15) is 14.0 Å². The van der Waals surface area contributed by atoms with Crippen molar-refractivity contribution < 1.29 is 23.5 Å². The van der Waals surface area contributed by atoms with Crippen LogP contribution < -0.4 is 15.4 Å². The molecule has 146 valence electrons. The van der Waals surface area contributed by atoms with Crippen LogP contribution in [0.25, 0.3) is 0 Å². The smallest absolute Gasteiger partial charge is 0.338 e. The summed E-state index contributed by atoms with van der Waals surface area (Å²) in [5.41, 5.74) is 2.31. The van der Waals surface area contributed by atoms with Gasteiger partial charge in [-0.25, -0.2) is 14.0 Å². The maximum atomic E-state index is 13.0. The lowest BCUT2D eigenvalue weighted by Crippen LogP contribution is -2.45. The van der Waals surface area contributed by atoms with Gasteiger partial charge >= 0.3 is 12.0 Å². The Morgan fingerprint density at radius 1 is 1.18 bits per heavy atom. The van der Waals surface area contributed by atoms with E-state index in [1.165, 1.54) is 12.1 Å². The molecule has 28 heavy (non-hydrogen) atoms. The summed E-state index contributed by atoms with van der Waals surface area (Å²) in [4.78, 5) is 24.3. The molecule has 0 saturated carbocycles. The molecule has 2 aromatic carbocycles. The van der Waals surface area contributed by atoms with Crippen LogP contribution >= 0.6 is 0 Å². The molecule has 1 heterocycles. The van der Waals surface area contributed by atoms with Crippen LogP contribution in [0.5, 0.6) is 5.75 Å². The van der Waals surface area contributed by atoms with Gasteiger partial charge in [-0.3, -0.25) is 0 Å². The van der Waals surface area contributed by atoms with Gasteiger partial charge in [0.2, 0.25) is 0 Å². The van der Waals surface area contributed by atoms with Gasteiger partial charge in [-0.2, -0.15) is 0 Å². The molecule has 0 unspecified atom stereocenters. The van der Waals surface area contributed by atoms with Crippen LogP contribution in [0, 0.1) is 5.82 Å². The van der Waals surface area contributed by atoms with E-state index in [-0.39, 0.29) is 19.0 Å². The number of hydrogen-bond acceptors (Lipinski definition) is 4. The molecule has 6 nitrogen and oxygen atoms in total. The highest BCUT2D eigenvalue weighted by Crippen LogP contribution is 2.29. The van der Waals surface area contributed by atoms with E-state index in [1.807, 2.05) is 0 Å². The maximum absolute atomic E-state index is 13.0. The third-order valence-corrected chi connectivity index (χ3v) is 4.27. The van der Waals surface area contributed by atoms with E-state index in [4.69, 9.17) is 9.47 Å². The molecule has 7 heteroatoms. The summed E-state index contributed by atoms with van der Waals surface area (Å²) in [5, 5.41) is 5.35. The Bertz CT molecular complexity index is 909. The van der Waals surface area contributed by atoms with Crippen molar-refractivity contribution in [1.82, 2.24) is 10.6 Å². The van der Waals surface area contributed by atoms with Crippen LogP contribution in [0.3, 0.4) is 0 Å². The van der Waals surface area contributed by atoms with Gasteiger partial charge in [0.15, 0.2) is 0 Å². The maximum Gasteiger partial charge on any atom is 0.338 e. The number of allylic oxidation sites excluding steroid dienone is 1. The fourth-order valence-corrected chi connectivity index (χ4v) is 2.95. The first kappa shape index (κ1) is 19.4. The average Bonchev–Trinajstić information content (AvgIpc) is 2.67. The Balaban J connectivity index is 1.82. The van der Waals surface area contributed by atoms with Crippen molar-refractivity contribution in [1.29, 1.82) is 0 Å². The summed E-state index contributed by atoms with van der Waals surface area (Å²) in [6.07, 6.45) is 0. The first-order chi connectivity index (χ1) is 13.5. The molecule has 0 fully saturated rings. The van der Waals surface area contributed by atoms with E-state index < -0.39 is 18.0 Å². The van der Waals surface area contributed by atoms with Crippen molar-refractivity contribution in [2.75, 3.05) is 6.61 Å². The standard InChI is InChI=1S/C21H21FN2O4/c1-3-27-20(25)18-13(2)23-21(26)24-19(18)15-5-4-6-17(11-15)28-12-14-7-9-16(22)10-8-14/h4-11,19H,3,12H2,1-2H3,(H2,23,24,26)/t19-/m1/s1. The van der Waals surface area contributed by atoms with Gasteiger partial charge in [0, 0.05) is 5.70 Å². The molecule has 0 bridgehead atoms. The van der Waals surface area contributed by atoms with Gasteiger partial charge in [-0.15, -0.1) is 0 Å². The molecule has 0 saturated heterocycles. The average molecular weight is 384 g/mol. The van der Waals surface area contributed by atoms with E-state index in [0.717, 1.165) is 5.56 Å². The quantitative estimate of drug-likeness (QED) is 0.746. The zero-order valence-electron chi connectivity index (χ0n) is 15.6. The number of carbonyl (C=O) groups excluding carboxylic acids is 2. The first-order valence-corrected chi connectivity index (χ1v) is 8.90. The molecule has 0 spiro atoms. The van der Waals surface area contributed by atoms with Gasteiger partial charge in [-0.1, -0.05) is 24.3 Å². The van der Waals surface area contributed by atoms with Crippen molar-refractivity contribution in [2.45, 2.75) is 26.5 Å². The third kappa shape index (κ3) is 4.49. The lowest BCUT2D eigenvalue weighted by Gasteiger charge is -2.28. The lowest BCUT2D eigenvalue weighted by molar-refractivity contribution is -0.139. The second-order valence-electron chi connectivity index (χ2n) is 6.28. The fraction of sp³-hybridized carbons (Fsp3) is 0.238. The summed E-state index contributed by atoms with van der Waals surface area (Å²) < 4.78 is 23.9. The molecule has 0 aromatic heterocycles. The number of halogens is 1. The zero-order chi connectivity index (χ0) is 20.1. The predicted octanol–water partition coefficient (Wildman–Crippen LogP) is 3.60. The topological polar surface area (TPSA) is 76.7 Å². The summed E-state index contributed by atoms with van der Waals surface area (Å²) >= 11 is 0. The molecule has 1 atom stereocenters. The molecule has 2 aromatic rings. The lowest BCUT2D eigenvalue weighted by atomic mass is 9.95. The van der Waals surface area contributed by atoms with Crippen molar-refractivity contribution in [3.63, 3.8) is 0 Å². The molecular formula is C21H21FN2O4. The van der Waals surface area contributed by atoms with Gasteiger partial charge in [0.25, 0.3) is 0 Å². The highest BCUT2D eigenvalue weighted by Gasteiger charge is 2.32. The summed E-state index contributed by atoms with van der Waals surface area (Å²) in [6, 6.07) is 12.1. The second-order valence-corrected chi connectivity index (χ2v) is 6.28. The first-order valence-electron chi connectivity index (χ1n) is 8.90. The van der Waals surface area contributed by atoms with Crippen molar-refractivity contribution >= 4 is 12.0 Å². The highest BCUT2D eigenvalue weighted by molar-refractivity contribution is 5.95. The summed E-state index contributed by atoms with van der Waals surface area (Å²) in [6.45, 7) is 3.88. The SMILES string of the molecule is CCOC(=O)C1=C(C)NC(=O)N[C@@H]1c1cccc(OCc2ccc(F)cc2)c1. The highest BCUT2D eigenvalue weighted by atomic mass is 19.1. The molecule has 2 N–H and O–H groups in total. The Morgan fingerprint density at radius 2 is 1.93 bits per heavy atom. The number of esters is 1. The van der Waals surface area contributed by atoms with Gasteiger partial charge < -0.3 is 20.1 Å². The minimum Gasteiger partial charge on any atom is -0.489 e. The Labute approximate surface area is 162 Å². The molecule has 1 aliphatic heterocycles. The second kappa shape index (κ2) is 8.56. The predicted molar refractivity (Wildman–Crippen MR) is 101 cm³/mol. The molecule has 2 amide bonds. The minimum absolute atomic E-state index is 0.233. The number of benzene rings is 2. The number of ether oxygens (including phenoxy) is 2. The van der Waals surface area contributed by atoms with Crippen molar-refractivity contribution in [3.05, 3.63) is 76.7 Å². The van der Waals surface area contributed by atoms with E-state index in [2.05, 4.69) is 10.6 Å². The summed E-state index contributed by atoms with van der Waals surface area (Å²) in [5.74, 6) is -0.230. The molecule has 1 aliphatic rings. The van der Waals surface area contributed by atoms with Crippen LogP contribution in [0.1, 0.15) is 31.0 Å². The number of rotatable bonds is 6. The van der Waals surface area contributed by atoms with Crippen LogP contribution in [0.2, 0.25) is 0 Å². The largest absolute Gasteiger partial charge is 0.489 e. The van der Waals surface area contributed by atoms with Crippen molar-refractivity contribution in [2.24, 2.45) is 0 Å². The Kier molecular flexibility index (Phi) is 5.93. The number of nitrogens with one attached hydrogen (secondary N) is 2. The van der Waals surface area contributed by atoms with E-state index in [0.29, 0.717) is 22.6 Å². The van der Waals surface area contributed by atoms with E-state index in [1.54, 1.807) is 50.2 Å². The van der Waals surface area contributed by atoms with Crippen LogP contribution in [-0.4, -0.2) is 18.6 Å².